The zero-order valence-electron chi connectivity index (χ0n) is 24.5. The van der Waals surface area contributed by atoms with Gasteiger partial charge < -0.3 is 19.7 Å². The molecular weight excluding hydrogens is 551 g/mol. The second kappa shape index (κ2) is 11.4. The number of likely N-dealkylation sites (tertiary alicyclic amines) is 1. The smallest absolute Gasteiger partial charge is 0.410 e. The molecule has 1 atom stereocenters. The number of benzene rings is 1. The molecule has 1 amide bonds. The maximum atomic E-state index is 15.6. The highest BCUT2D eigenvalue weighted by Crippen LogP contribution is 2.34. The van der Waals surface area contributed by atoms with Gasteiger partial charge in [-0.25, -0.2) is 33.6 Å². The molecule has 0 aliphatic carbocycles. The minimum atomic E-state index is -0.537. The quantitative estimate of drug-likeness (QED) is 0.245. The third-order valence-electron chi connectivity index (χ3n) is 7.37. The van der Waals surface area contributed by atoms with Gasteiger partial charge in [0, 0.05) is 42.5 Å². The van der Waals surface area contributed by atoms with Crippen LogP contribution in [0.4, 0.5) is 20.7 Å². The van der Waals surface area contributed by atoms with Crippen LogP contribution in [0.5, 0.6) is 11.5 Å². The molecule has 1 fully saturated rings. The highest BCUT2D eigenvalue weighted by Gasteiger charge is 2.26. The van der Waals surface area contributed by atoms with Gasteiger partial charge in [-0.05, 0) is 77.3 Å². The first-order chi connectivity index (χ1) is 20.6. The second-order valence-corrected chi connectivity index (χ2v) is 11.6. The summed E-state index contributed by atoms with van der Waals surface area (Å²) in [6.07, 6.45) is 6.80. The summed E-state index contributed by atoms with van der Waals surface area (Å²) in [7, 11) is 0. The van der Waals surface area contributed by atoms with Crippen molar-refractivity contribution in [2.24, 2.45) is 0 Å². The van der Waals surface area contributed by atoms with E-state index in [2.05, 4.69) is 25.4 Å². The molecule has 0 unspecified atom stereocenters. The lowest BCUT2D eigenvalue weighted by Gasteiger charge is -2.26. The number of anilines is 2. The molecule has 5 heterocycles. The number of hydrogen-bond acceptors (Lipinski definition) is 9. The maximum absolute atomic E-state index is 15.6. The van der Waals surface area contributed by atoms with Gasteiger partial charge >= 0.3 is 6.09 Å². The summed E-state index contributed by atoms with van der Waals surface area (Å²) in [5, 5.41) is 7.19. The lowest BCUT2D eigenvalue weighted by molar-refractivity contribution is 0.0256. The van der Waals surface area contributed by atoms with Gasteiger partial charge in [0.25, 0.3) is 0 Å². The number of amides is 1. The van der Waals surface area contributed by atoms with Gasteiger partial charge in [0.05, 0.1) is 11.2 Å². The number of hydrogen-bond donors (Lipinski definition) is 1. The fourth-order valence-electron chi connectivity index (χ4n) is 5.16. The molecule has 6 rings (SSSR count). The fraction of sp³-hybridized carbons (Fsp3) is 0.355. The molecule has 1 aliphatic heterocycles. The Morgan fingerprint density at radius 2 is 1.91 bits per heavy atom. The Labute approximate surface area is 248 Å². The third kappa shape index (κ3) is 6.18. The molecule has 1 aliphatic rings. The molecule has 11 nitrogen and oxygen atoms in total. The van der Waals surface area contributed by atoms with Crippen LogP contribution in [0.15, 0.2) is 55.2 Å². The number of pyridine rings is 2. The van der Waals surface area contributed by atoms with Gasteiger partial charge in [0.1, 0.15) is 35.3 Å². The molecule has 1 aromatic carbocycles. The van der Waals surface area contributed by atoms with Crippen molar-refractivity contribution in [3.05, 3.63) is 72.3 Å². The van der Waals surface area contributed by atoms with Crippen LogP contribution in [0, 0.1) is 12.7 Å². The van der Waals surface area contributed by atoms with Crippen LogP contribution in [-0.2, 0) is 4.74 Å². The minimum Gasteiger partial charge on any atom is -0.457 e. The van der Waals surface area contributed by atoms with E-state index in [9.17, 15) is 4.79 Å². The van der Waals surface area contributed by atoms with E-state index < -0.39 is 11.4 Å². The molecule has 0 bridgehead atoms. The average molecular weight is 585 g/mol. The number of halogens is 1. The Morgan fingerprint density at radius 3 is 2.74 bits per heavy atom. The predicted molar refractivity (Wildman–Crippen MR) is 159 cm³/mol. The van der Waals surface area contributed by atoms with Gasteiger partial charge in [-0.15, -0.1) is 0 Å². The van der Waals surface area contributed by atoms with Crippen LogP contribution in [0.1, 0.15) is 57.2 Å². The van der Waals surface area contributed by atoms with Crippen molar-refractivity contribution in [1.82, 2.24) is 34.4 Å². The van der Waals surface area contributed by atoms with E-state index in [4.69, 9.17) is 14.5 Å². The van der Waals surface area contributed by atoms with Crippen molar-refractivity contribution >= 4 is 34.3 Å². The van der Waals surface area contributed by atoms with Crippen molar-refractivity contribution in [1.29, 1.82) is 0 Å². The summed E-state index contributed by atoms with van der Waals surface area (Å²) < 4.78 is 28.8. The Morgan fingerprint density at radius 1 is 1.05 bits per heavy atom. The lowest BCUT2D eigenvalue weighted by atomic mass is 9.96. The van der Waals surface area contributed by atoms with E-state index in [0.29, 0.717) is 52.7 Å². The summed E-state index contributed by atoms with van der Waals surface area (Å²) in [5.41, 5.74) is 2.75. The molecule has 0 spiro atoms. The molecule has 5 aromatic rings. The third-order valence-corrected chi connectivity index (χ3v) is 7.37. The average Bonchev–Trinajstić information content (AvgIpc) is 3.30. The van der Waals surface area contributed by atoms with E-state index in [1.54, 1.807) is 46.8 Å². The van der Waals surface area contributed by atoms with E-state index in [0.717, 1.165) is 25.0 Å². The number of carbonyl (C=O) groups excluding carboxylic acids is 1. The Kier molecular flexibility index (Phi) is 7.51. The maximum Gasteiger partial charge on any atom is 0.410 e. The van der Waals surface area contributed by atoms with Gasteiger partial charge in [-0.3, -0.25) is 0 Å². The first-order valence-corrected chi connectivity index (χ1v) is 14.3. The summed E-state index contributed by atoms with van der Waals surface area (Å²) in [4.78, 5) is 32.2. The molecule has 222 valence electrons. The van der Waals surface area contributed by atoms with Crippen molar-refractivity contribution in [3.8, 4) is 11.5 Å². The molecule has 0 radical (unpaired) electrons. The highest BCUT2D eigenvalue weighted by molar-refractivity contribution is 5.87. The van der Waals surface area contributed by atoms with Crippen molar-refractivity contribution in [2.75, 3.05) is 18.4 Å². The standard InChI is InChI=1S/C31H33FN8O3/c1-19-25(42-21-12-15-40-26(16-21)34-18-36-40)10-9-23(27(19)32)38-29-28-24(33-17-35-29)8-7-22(37-28)20-6-5-13-39(14-11-20)30(41)43-31(2,3)4/h7-10,12,15-18,20H,5-6,11,13-14H2,1-4H3,(H,33,35,38)/t20-/m0/s1. The molecule has 1 saturated heterocycles. The minimum absolute atomic E-state index is 0.150. The summed E-state index contributed by atoms with van der Waals surface area (Å²) >= 11 is 0. The van der Waals surface area contributed by atoms with E-state index >= 15 is 4.39 Å². The second-order valence-electron chi connectivity index (χ2n) is 11.6. The zero-order valence-corrected chi connectivity index (χ0v) is 24.5. The van der Waals surface area contributed by atoms with E-state index in [1.807, 2.05) is 32.9 Å². The molecule has 4 aromatic heterocycles. The fourth-order valence-corrected chi connectivity index (χ4v) is 5.16. The van der Waals surface area contributed by atoms with Gasteiger partial charge in [-0.1, -0.05) is 0 Å². The van der Waals surface area contributed by atoms with Crippen molar-refractivity contribution in [2.45, 2.75) is 58.5 Å². The number of carbonyl (C=O) groups is 1. The Hall–Kier alpha value is -4.87. The number of nitrogens with zero attached hydrogens (tertiary/aromatic N) is 7. The summed E-state index contributed by atoms with van der Waals surface area (Å²) in [6.45, 7) is 8.50. The van der Waals surface area contributed by atoms with Crippen LogP contribution in [0.2, 0.25) is 0 Å². The van der Waals surface area contributed by atoms with E-state index in [-0.39, 0.29) is 17.7 Å². The predicted octanol–water partition coefficient (Wildman–Crippen LogP) is 6.56. The molecule has 1 N–H and O–H groups in total. The molecule has 12 heteroatoms. The number of nitrogens with one attached hydrogen (secondary N) is 1. The van der Waals surface area contributed by atoms with Crippen LogP contribution in [-0.4, -0.2) is 59.2 Å². The normalized spacial score (nSPS) is 15.8. The van der Waals surface area contributed by atoms with Gasteiger partial charge in [0.2, 0.25) is 0 Å². The molecular formula is C31H33FN8O3. The topological polar surface area (TPSA) is 120 Å². The number of fused-ring (bicyclic) bond motifs is 2. The summed E-state index contributed by atoms with van der Waals surface area (Å²) in [6, 6.07) is 10.7. The van der Waals surface area contributed by atoms with Gasteiger partial charge in [-0.2, -0.15) is 5.10 Å². The Bertz CT molecular complexity index is 1800. The van der Waals surface area contributed by atoms with Crippen LogP contribution in [0.3, 0.4) is 0 Å². The number of ether oxygens (including phenoxy) is 2. The number of aromatic nitrogens is 6. The SMILES string of the molecule is Cc1c(Oc2ccn3ncnc3c2)ccc(Nc2ncnc3ccc([C@H]4CCCN(C(=O)OC(C)(C)C)CC4)nc23)c1F. The van der Waals surface area contributed by atoms with Crippen molar-refractivity contribution < 1.29 is 18.7 Å². The first-order valence-electron chi connectivity index (χ1n) is 14.3. The first kappa shape index (κ1) is 28.3. The van der Waals surface area contributed by atoms with Crippen LogP contribution < -0.4 is 10.1 Å². The largest absolute Gasteiger partial charge is 0.457 e. The highest BCUT2D eigenvalue weighted by atomic mass is 19.1. The lowest BCUT2D eigenvalue weighted by Crippen LogP contribution is -2.37. The van der Waals surface area contributed by atoms with Crippen LogP contribution in [0.25, 0.3) is 16.7 Å². The van der Waals surface area contributed by atoms with E-state index in [1.165, 1.54) is 12.7 Å². The zero-order chi connectivity index (χ0) is 30.1. The van der Waals surface area contributed by atoms with Gasteiger partial charge in [0.15, 0.2) is 17.3 Å². The molecule has 43 heavy (non-hydrogen) atoms. The monoisotopic (exact) mass is 584 g/mol. The summed E-state index contributed by atoms with van der Waals surface area (Å²) in [5.74, 6) is 0.996. The van der Waals surface area contributed by atoms with Crippen molar-refractivity contribution in [3.63, 3.8) is 0 Å². The van der Waals surface area contributed by atoms with Crippen LogP contribution >= 0.6 is 0 Å². The molecule has 0 saturated carbocycles. The Balaban J connectivity index is 1.21. The number of rotatable bonds is 5.